The Bertz CT molecular complexity index is 718. The predicted molar refractivity (Wildman–Crippen MR) is 86.6 cm³/mol. The van der Waals surface area contributed by atoms with Gasteiger partial charge in [-0.15, -0.1) is 0 Å². The van der Waals surface area contributed by atoms with Gasteiger partial charge in [-0.25, -0.2) is 13.1 Å². The Kier molecular flexibility index (Phi) is 4.58. The fourth-order valence-electron chi connectivity index (χ4n) is 2.74. The Morgan fingerprint density at radius 3 is 2.57 bits per heavy atom. The fourth-order valence-corrected chi connectivity index (χ4v) is 4.22. The number of nitrogens with two attached hydrogens (primary N) is 1. The van der Waals surface area contributed by atoms with Crippen LogP contribution in [0, 0.1) is 5.92 Å². The number of fused-ring (bicyclic) bond motifs is 1. The molecule has 4 N–H and O–H groups in total. The van der Waals surface area contributed by atoms with Crippen LogP contribution in [-0.2, 0) is 10.0 Å². The molecule has 1 atom stereocenters. The standard InChI is InChI=1S/C15H23N3O2S/c1-4-11(5-2)10(3)18-21(19,20)15-9-17-14-7-6-12(16)8-13(14)15/h6-11,17-18H,4-5,16H2,1-3H3. The van der Waals surface area contributed by atoms with Crippen LogP contribution in [0.25, 0.3) is 10.9 Å². The number of rotatable bonds is 6. The van der Waals surface area contributed by atoms with Gasteiger partial charge in [0.25, 0.3) is 0 Å². The Balaban J connectivity index is 2.36. The van der Waals surface area contributed by atoms with Gasteiger partial charge in [-0.3, -0.25) is 0 Å². The fraction of sp³-hybridized carbons (Fsp3) is 0.467. The molecule has 2 aromatic rings. The summed E-state index contributed by atoms with van der Waals surface area (Å²) in [5, 5.41) is 0.624. The van der Waals surface area contributed by atoms with E-state index in [9.17, 15) is 8.42 Å². The van der Waals surface area contributed by atoms with Crippen LogP contribution in [-0.4, -0.2) is 19.4 Å². The van der Waals surface area contributed by atoms with Crippen molar-refractivity contribution in [2.24, 2.45) is 5.92 Å². The molecule has 6 heteroatoms. The van der Waals surface area contributed by atoms with E-state index in [0.717, 1.165) is 18.4 Å². The number of aromatic nitrogens is 1. The molecular formula is C15H23N3O2S. The van der Waals surface area contributed by atoms with Gasteiger partial charge in [0, 0.05) is 28.8 Å². The molecule has 1 aromatic carbocycles. The molecule has 116 valence electrons. The lowest BCUT2D eigenvalue weighted by Crippen LogP contribution is -2.37. The highest BCUT2D eigenvalue weighted by Crippen LogP contribution is 2.25. The van der Waals surface area contributed by atoms with Gasteiger partial charge in [-0.05, 0) is 31.0 Å². The minimum atomic E-state index is -3.56. The molecule has 0 aliphatic carbocycles. The second-order valence-corrected chi connectivity index (χ2v) is 7.13. The quantitative estimate of drug-likeness (QED) is 0.717. The molecule has 0 radical (unpaired) electrons. The molecule has 0 saturated carbocycles. The first-order valence-corrected chi connectivity index (χ1v) is 8.76. The van der Waals surface area contributed by atoms with Gasteiger partial charge in [0.05, 0.1) is 0 Å². The molecule has 0 aliphatic heterocycles. The normalized spacial score (nSPS) is 13.9. The Hall–Kier alpha value is -1.53. The average Bonchev–Trinajstić information content (AvgIpc) is 2.83. The van der Waals surface area contributed by atoms with Crippen LogP contribution in [0.3, 0.4) is 0 Å². The summed E-state index contributed by atoms with van der Waals surface area (Å²) >= 11 is 0. The third-order valence-corrected chi connectivity index (χ3v) is 5.65. The van der Waals surface area contributed by atoms with Gasteiger partial charge < -0.3 is 10.7 Å². The van der Waals surface area contributed by atoms with Gasteiger partial charge in [-0.1, -0.05) is 26.7 Å². The summed E-state index contributed by atoms with van der Waals surface area (Å²) in [6.45, 7) is 6.06. The molecule has 0 bridgehead atoms. The predicted octanol–water partition coefficient (Wildman–Crippen LogP) is 2.85. The van der Waals surface area contributed by atoms with Gasteiger partial charge in [0.1, 0.15) is 4.90 Å². The molecule has 0 spiro atoms. The molecule has 0 aliphatic rings. The minimum absolute atomic E-state index is 0.101. The number of hydrogen-bond donors (Lipinski definition) is 3. The number of H-pyrrole nitrogens is 1. The van der Waals surface area contributed by atoms with Crippen molar-refractivity contribution in [2.45, 2.75) is 44.6 Å². The van der Waals surface area contributed by atoms with Crippen molar-refractivity contribution >= 4 is 26.6 Å². The smallest absolute Gasteiger partial charge is 0.242 e. The van der Waals surface area contributed by atoms with E-state index >= 15 is 0 Å². The first-order chi connectivity index (χ1) is 9.89. The van der Waals surface area contributed by atoms with E-state index in [4.69, 9.17) is 5.73 Å². The molecule has 21 heavy (non-hydrogen) atoms. The van der Waals surface area contributed by atoms with E-state index in [1.807, 2.05) is 6.92 Å². The van der Waals surface area contributed by atoms with Crippen LogP contribution >= 0.6 is 0 Å². The SMILES string of the molecule is CCC(CC)C(C)NS(=O)(=O)c1c[nH]c2ccc(N)cc12. The van der Waals surface area contributed by atoms with Crippen molar-refractivity contribution in [1.82, 2.24) is 9.71 Å². The highest BCUT2D eigenvalue weighted by atomic mass is 32.2. The second kappa shape index (κ2) is 6.07. The number of nitrogen functional groups attached to an aromatic ring is 1. The van der Waals surface area contributed by atoms with Crippen molar-refractivity contribution in [2.75, 3.05) is 5.73 Å². The number of anilines is 1. The van der Waals surface area contributed by atoms with Crippen molar-refractivity contribution in [3.05, 3.63) is 24.4 Å². The topological polar surface area (TPSA) is 88.0 Å². The molecular weight excluding hydrogens is 286 g/mol. The molecule has 1 aromatic heterocycles. The van der Waals surface area contributed by atoms with Crippen LogP contribution < -0.4 is 10.5 Å². The van der Waals surface area contributed by atoms with E-state index in [-0.39, 0.29) is 10.9 Å². The van der Waals surface area contributed by atoms with Gasteiger partial charge in [-0.2, -0.15) is 0 Å². The molecule has 0 amide bonds. The summed E-state index contributed by atoms with van der Waals surface area (Å²) in [5.41, 5.74) is 7.07. The molecule has 1 unspecified atom stereocenters. The van der Waals surface area contributed by atoms with Crippen molar-refractivity contribution < 1.29 is 8.42 Å². The molecule has 5 nitrogen and oxygen atoms in total. The number of sulfonamides is 1. The molecule has 2 rings (SSSR count). The van der Waals surface area contributed by atoms with Crippen molar-refractivity contribution in [3.8, 4) is 0 Å². The first kappa shape index (κ1) is 15.9. The lowest BCUT2D eigenvalue weighted by atomic mass is 9.96. The van der Waals surface area contributed by atoms with Crippen LogP contribution in [0.4, 0.5) is 5.69 Å². The zero-order valence-corrected chi connectivity index (χ0v) is 13.5. The lowest BCUT2D eigenvalue weighted by Gasteiger charge is -2.22. The summed E-state index contributed by atoms with van der Waals surface area (Å²) < 4.78 is 28.0. The van der Waals surface area contributed by atoms with Gasteiger partial charge in [0.15, 0.2) is 0 Å². The van der Waals surface area contributed by atoms with Crippen LogP contribution in [0.2, 0.25) is 0 Å². The van der Waals surface area contributed by atoms with Crippen LogP contribution in [0.5, 0.6) is 0 Å². The van der Waals surface area contributed by atoms with E-state index < -0.39 is 10.0 Å². The van der Waals surface area contributed by atoms with E-state index in [0.29, 0.717) is 17.0 Å². The average molecular weight is 309 g/mol. The highest BCUT2D eigenvalue weighted by molar-refractivity contribution is 7.89. The minimum Gasteiger partial charge on any atom is -0.399 e. The first-order valence-electron chi connectivity index (χ1n) is 7.28. The van der Waals surface area contributed by atoms with Crippen molar-refractivity contribution in [1.29, 1.82) is 0 Å². The van der Waals surface area contributed by atoms with E-state index in [2.05, 4.69) is 23.6 Å². The third kappa shape index (κ3) is 3.22. The highest BCUT2D eigenvalue weighted by Gasteiger charge is 2.24. The summed E-state index contributed by atoms with van der Waals surface area (Å²) in [7, 11) is -3.56. The Morgan fingerprint density at radius 2 is 1.95 bits per heavy atom. The van der Waals surface area contributed by atoms with E-state index in [1.54, 1.807) is 18.2 Å². The number of nitrogens with one attached hydrogen (secondary N) is 2. The van der Waals surface area contributed by atoms with Gasteiger partial charge in [0.2, 0.25) is 10.0 Å². The third-order valence-electron chi connectivity index (χ3n) is 4.05. The van der Waals surface area contributed by atoms with Crippen LogP contribution in [0.15, 0.2) is 29.3 Å². The summed E-state index contributed by atoms with van der Waals surface area (Å²) in [5.74, 6) is 0.329. The second-order valence-electron chi connectivity index (χ2n) is 5.44. The zero-order valence-electron chi connectivity index (χ0n) is 12.7. The Labute approximate surface area is 126 Å². The maximum absolute atomic E-state index is 12.6. The van der Waals surface area contributed by atoms with E-state index in [1.165, 1.54) is 6.20 Å². The molecule has 0 saturated heterocycles. The zero-order chi connectivity index (χ0) is 15.6. The lowest BCUT2D eigenvalue weighted by molar-refractivity contribution is 0.391. The molecule has 0 fully saturated rings. The monoisotopic (exact) mass is 309 g/mol. The van der Waals surface area contributed by atoms with Crippen LogP contribution in [0.1, 0.15) is 33.6 Å². The maximum atomic E-state index is 12.6. The number of aromatic amines is 1. The summed E-state index contributed by atoms with van der Waals surface area (Å²) in [4.78, 5) is 3.23. The Morgan fingerprint density at radius 1 is 1.29 bits per heavy atom. The molecule has 1 heterocycles. The maximum Gasteiger partial charge on any atom is 0.242 e. The largest absolute Gasteiger partial charge is 0.399 e. The van der Waals surface area contributed by atoms with Gasteiger partial charge >= 0.3 is 0 Å². The number of benzene rings is 1. The summed E-state index contributed by atoms with van der Waals surface area (Å²) in [6, 6.07) is 5.11. The number of hydrogen-bond acceptors (Lipinski definition) is 3. The summed E-state index contributed by atoms with van der Waals surface area (Å²) in [6.07, 6.45) is 3.41. The van der Waals surface area contributed by atoms with Crippen molar-refractivity contribution in [3.63, 3.8) is 0 Å².